The van der Waals surface area contributed by atoms with E-state index in [9.17, 15) is 4.79 Å². The highest BCUT2D eigenvalue weighted by Gasteiger charge is 2.23. The van der Waals surface area contributed by atoms with Gasteiger partial charge in [0.25, 0.3) is 0 Å². The second kappa shape index (κ2) is 4.83. The monoisotopic (exact) mass is 238 g/mol. The fourth-order valence-electron chi connectivity index (χ4n) is 2.19. The summed E-state index contributed by atoms with van der Waals surface area (Å²) in [6, 6.07) is -0.354. The molecule has 0 bridgehead atoms. The Kier molecular flexibility index (Phi) is 3.42. The van der Waals surface area contributed by atoms with Gasteiger partial charge in [-0.15, -0.1) is 10.2 Å². The van der Waals surface area contributed by atoms with E-state index in [1.807, 2.05) is 6.92 Å². The number of carbonyl (C=O) groups is 1. The van der Waals surface area contributed by atoms with Crippen LogP contribution in [0.5, 0.6) is 0 Å². The topological polar surface area (TPSA) is 69.0 Å². The van der Waals surface area contributed by atoms with Crippen LogP contribution in [0, 0.1) is 0 Å². The zero-order valence-electron chi connectivity index (χ0n) is 10.4. The third kappa shape index (κ3) is 2.31. The van der Waals surface area contributed by atoms with Gasteiger partial charge in [0.1, 0.15) is 17.7 Å². The number of fused-ring (bicyclic) bond motifs is 1. The summed E-state index contributed by atoms with van der Waals surface area (Å²) in [7, 11) is 1.39. The molecule has 0 aromatic carbocycles. The zero-order valence-corrected chi connectivity index (χ0v) is 10.4. The van der Waals surface area contributed by atoms with E-state index in [0.717, 1.165) is 31.0 Å². The summed E-state index contributed by atoms with van der Waals surface area (Å²) in [4.78, 5) is 11.3. The third-order valence-electron chi connectivity index (χ3n) is 3.08. The Bertz CT molecular complexity index is 416. The Morgan fingerprint density at radius 2 is 2.24 bits per heavy atom. The van der Waals surface area contributed by atoms with Crippen molar-refractivity contribution in [1.29, 1.82) is 0 Å². The fourth-order valence-corrected chi connectivity index (χ4v) is 2.19. The second-order valence-electron chi connectivity index (χ2n) is 4.36. The molecule has 0 aliphatic carbocycles. The van der Waals surface area contributed by atoms with E-state index >= 15 is 0 Å². The van der Waals surface area contributed by atoms with Gasteiger partial charge in [-0.25, -0.2) is 0 Å². The minimum atomic E-state index is -0.343. The Balaban J connectivity index is 2.04. The van der Waals surface area contributed by atoms with Crippen molar-refractivity contribution in [1.82, 2.24) is 20.1 Å². The van der Waals surface area contributed by atoms with Crippen LogP contribution in [-0.4, -0.2) is 33.9 Å². The molecule has 2 atom stereocenters. The number of aromatic nitrogens is 3. The number of methoxy groups -OCH3 is 1. The van der Waals surface area contributed by atoms with E-state index in [2.05, 4.69) is 24.8 Å². The Morgan fingerprint density at radius 1 is 1.47 bits per heavy atom. The molecule has 2 heterocycles. The lowest BCUT2D eigenvalue weighted by atomic mass is 10.2. The largest absolute Gasteiger partial charge is 0.468 e. The summed E-state index contributed by atoms with van der Waals surface area (Å²) in [6.07, 6.45) is 2.11. The van der Waals surface area contributed by atoms with E-state index in [1.54, 1.807) is 6.92 Å². The molecular formula is C11H18N4O2. The van der Waals surface area contributed by atoms with Crippen LogP contribution < -0.4 is 5.32 Å². The minimum Gasteiger partial charge on any atom is -0.468 e. The average Bonchev–Trinajstić information content (AvgIpc) is 2.88. The van der Waals surface area contributed by atoms with Crippen LogP contribution in [-0.2, 0) is 22.5 Å². The molecule has 0 fully saturated rings. The van der Waals surface area contributed by atoms with Gasteiger partial charge < -0.3 is 9.30 Å². The number of rotatable bonds is 4. The molecule has 1 aliphatic rings. The highest BCUT2D eigenvalue weighted by atomic mass is 16.5. The summed E-state index contributed by atoms with van der Waals surface area (Å²) in [5, 5.41) is 11.5. The highest BCUT2D eigenvalue weighted by Crippen LogP contribution is 2.19. The van der Waals surface area contributed by atoms with Crippen molar-refractivity contribution in [3.05, 3.63) is 11.6 Å². The molecule has 0 radical (unpaired) electrons. The van der Waals surface area contributed by atoms with Crippen LogP contribution in [0.1, 0.15) is 38.0 Å². The van der Waals surface area contributed by atoms with E-state index in [1.165, 1.54) is 7.11 Å². The van der Waals surface area contributed by atoms with Gasteiger partial charge in [0, 0.05) is 13.0 Å². The second-order valence-corrected chi connectivity index (χ2v) is 4.36. The summed E-state index contributed by atoms with van der Waals surface area (Å²) in [5.41, 5.74) is 0. The number of hydrogen-bond acceptors (Lipinski definition) is 5. The fraction of sp³-hybridized carbons (Fsp3) is 0.727. The molecule has 94 valence electrons. The van der Waals surface area contributed by atoms with Gasteiger partial charge in [-0.3, -0.25) is 10.1 Å². The van der Waals surface area contributed by atoms with Crippen molar-refractivity contribution in [2.45, 2.75) is 45.3 Å². The van der Waals surface area contributed by atoms with Crippen molar-refractivity contribution in [2.24, 2.45) is 0 Å². The number of aryl methyl sites for hydroxylation is 1. The SMILES string of the molecule is COC(=O)C(C)NC(C)c1nnc2n1CCC2. The lowest BCUT2D eigenvalue weighted by molar-refractivity contribution is -0.142. The molecule has 2 unspecified atom stereocenters. The maximum atomic E-state index is 11.3. The molecule has 0 saturated carbocycles. The molecule has 1 N–H and O–H groups in total. The number of hydrogen-bond donors (Lipinski definition) is 1. The predicted octanol–water partition coefficient (Wildman–Crippen LogP) is 0.436. The number of nitrogens with one attached hydrogen (secondary N) is 1. The zero-order chi connectivity index (χ0) is 12.4. The highest BCUT2D eigenvalue weighted by molar-refractivity contribution is 5.75. The Morgan fingerprint density at radius 3 is 2.94 bits per heavy atom. The number of ether oxygens (including phenoxy) is 1. The van der Waals surface area contributed by atoms with Crippen LogP contribution in [0.3, 0.4) is 0 Å². The summed E-state index contributed by atoms with van der Waals surface area (Å²) >= 11 is 0. The van der Waals surface area contributed by atoms with Gasteiger partial charge in [0.2, 0.25) is 0 Å². The third-order valence-corrected chi connectivity index (χ3v) is 3.08. The lowest BCUT2D eigenvalue weighted by Crippen LogP contribution is -2.37. The van der Waals surface area contributed by atoms with Crippen molar-refractivity contribution >= 4 is 5.97 Å². The van der Waals surface area contributed by atoms with Crippen LogP contribution in [0.2, 0.25) is 0 Å². The van der Waals surface area contributed by atoms with Gasteiger partial charge in [-0.1, -0.05) is 0 Å². The first kappa shape index (κ1) is 12.0. The van der Waals surface area contributed by atoms with E-state index < -0.39 is 0 Å². The van der Waals surface area contributed by atoms with Crippen molar-refractivity contribution < 1.29 is 9.53 Å². The van der Waals surface area contributed by atoms with Crippen LogP contribution in [0.25, 0.3) is 0 Å². The van der Waals surface area contributed by atoms with Crippen molar-refractivity contribution in [3.63, 3.8) is 0 Å². The van der Waals surface area contributed by atoms with Gasteiger partial charge in [-0.05, 0) is 20.3 Å². The first-order chi connectivity index (χ1) is 8.13. The van der Waals surface area contributed by atoms with Gasteiger partial charge in [-0.2, -0.15) is 0 Å². The van der Waals surface area contributed by atoms with Crippen LogP contribution in [0.15, 0.2) is 0 Å². The van der Waals surface area contributed by atoms with Crippen molar-refractivity contribution in [2.75, 3.05) is 7.11 Å². The smallest absolute Gasteiger partial charge is 0.322 e. The quantitative estimate of drug-likeness (QED) is 0.771. The predicted molar refractivity (Wildman–Crippen MR) is 61.4 cm³/mol. The summed E-state index contributed by atoms with van der Waals surface area (Å²) in [5.74, 6) is 1.67. The first-order valence-electron chi connectivity index (χ1n) is 5.89. The van der Waals surface area contributed by atoms with Crippen LogP contribution in [0.4, 0.5) is 0 Å². The molecule has 2 rings (SSSR count). The maximum absolute atomic E-state index is 11.3. The molecule has 1 aromatic rings. The number of esters is 1. The van der Waals surface area contributed by atoms with Gasteiger partial charge in [0.15, 0.2) is 0 Å². The molecule has 6 heteroatoms. The molecule has 1 aromatic heterocycles. The van der Waals surface area contributed by atoms with E-state index in [4.69, 9.17) is 0 Å². The molecule has 1 aliphatic heterocycles. The summed E-state index contributed by atoms with van der Waals surface area (Å²) in [6.45, 7) is 4.73. The lowest BCUT2D eigenvalue weighted by Gasteiger charge is -2.17. The van der Waals surface area contributed by atoms with Gasteiger partial charge in [0.05, 0.1) is 13.2 Å². The molecule has 0 saturated heterocycles. The van der Waals surface area contributed by atoms with E-state index in [0.29, 0.717) is 0 Å². The van der Waals surface area contributed by atoms with Crippen molar-refractivity contribution in [3.8, 4) is 0 Å². The number of carbonyl (C=O) groups excluding carboxylic acids is 1. The molecule has 0 amide bonds. The normalized spacial score (nSPS) is 17.6. The Hall–Kier alpha value is -1.43. The molecule has 0 spiro atoms. The standard InChI is InChI=1S/C11H18N4O2/c1-7(12-8(2)11(16)17-3)10-14-13-9-5-4-6-15(9)10/h7-8,12H,4-6H2,1-3H3. The maximum Gasteiger partial charge on any atom is 0.322 e. The number of nitrogens with zero attached hydrogens (tertiary/aromatic N) is 3. The molecular weight excluding hydrogens is 220 g/mol. The Labute approximate surface area is 100 Å². The molecule has 6 nitrogen and oxygen atoms in total. The molecule has 17 heavy (non-hydrogen) atoms. The first-order valence-corrected chi connectivity index (χ1v) is 5.89. The average molecular weight is 238 g/mol. The van der Waals surface area contributed by atoms with E-state index in [-0.39, 0.29) is 18.1 Å². The van der Waals surface area contributed by atoms with Crippen LogP contribution >= 0.6 is 0 Å². The summed E-state index contributed by atoms with van der Waals surface area (Å²) < 4.78 is 6.81. The van der Waals surface area contributed by atoms with Gasteiger partial charge >= 0.3 is 5.97 Å². The minimum absolute atomic E-state index is 0.0107.